The van der Waals surface area contributed by atoms with Gasteiger partial charge in [0.15, 0.2) is 0 Å². The molecule has 1 aliphatic rings. The van der Waals surface area contributed by atoms with Crippen LogP contribution in [0.3, 0.4) is 0 Å². The molecule has 2 aromatic rings. The number of ether oxygens (including phenoxy) is 1. The standard InChI is InChI=1S/C25H23F6NO/c1-2-3-4-5-15-6-8-16(9-7-15)17-10-22(28)24(23(29)11-17)25(30,31)33-18-12-20(26)19(14-32)21(27)13-18/h3-4,10-13,15-16H,2,5-9H2,1H3/t15-,16-. The van der Waals surface area contributed by atoms with E-state index in [1.165, 1.54) is 6.07 Å². The van der Waals surface area contributed by atoms with Crippen LogP contribution in [0.5, 0.6) is 5.75 Å². The highest BCUT2D eigenvalue weighted by Crippen LogP contribution is 2.41. The number of nitrogens with zero attached hydrogens (tertiary/aromatic N) is 1. The Labute approximate surface area is 188 Å². The fraction of sp³-hybridized carbons (Fsp3) is 0.400. The third-order valence-corrected chi connectivity index (χ3v) is 5.92. The average molecular weight is 467 g/mol. The van der Waals surface area contributed by atoms with Crippen molar-refractivity contribution in [2.24, 2.45) is 5.92 Å². The van der Waals surface area contributed by atoms with E-state index in [0.29, 0.717) is 36.5 Å². The van der Waals surface area contributed by atoms with Crippen LogP contribution < -0.4 is 4.74 Å². The van der Waals surface area contributed by atoms with E-state index >= 15 is 0 Å². The van der Waals surface area contributed by atoms with Crippen molar-refractivity contribution in [1.82, 2.24) is 0 Å². The van der Waals surface area contributed by atoms with E-state index in [9.17, 15) is 26.3 Å². The Morgan fingerprint density at radius 2 is 1.52 bits per heavy atom. The Hall–Kier alpha value is -2.95. The van der Waals surface area contributed by atoms with Gasteiger partial charge in [-0.3, -0.25) is 0 Å². The lowest BCUT2D eigenvalue weighted by molar-refractivity contribution is -0.189. The minimum absolute atomic E-state index is 0.147. The van der Waals surface area contributed by atoms with Crippen LogP contribution in [0, 0.1) is 40.5 Å². The Balaban J connectivity index is 1.77. The van der Waals surface area contributed by atoms with Gasteiger partial charge in [-0.1, -0.05) is 19.1 Å². The maximum atomic E-state index is 14.6. The van der Waals surface area contributed by atoms with Crippen LogP contribution in [-0.2, 0) is 6.11 Å². The first-order valence-corrected chi connectivity index (χ1v) is 10.8. The number of benzene rings is 2. The molecule has 2 aromatic carbocycles. The topological polar surface area (TPSA) is 33.0 Å². The van der Waals surface area contributed by atoms with Crippen molar-refractivity contribution >= 4 is 0 Å². The second-order valence-corrected chi connectivity index (χ2v) is 8.19. The molecule has 1 saturated carbocycles. The van der Waals surface area contributed by atoms with Crippen LogP contribution in [-0.4, -0.2) is 0 Å². The number of allylic oxidation sites excluding steroid dienone is 2. The lowest BCUT2D eigenvalue weighted by Crippen LogP contribution is -2.26. The van der Waals surface area contributed by atoms with Crippen molar-refractivity contribution in [2.75, 3.05) is 0 Å². The molecule has 33 heavy (non-hydrogen) atoms. The highest BCUT2D eigenvalue weighted by molar-refractivity contribution is 5.39. The molecule has 3 rings (SSSR count). The van der Waals surface area contributed by atoms with E-state index in [4.69, 9.17) is 5.26 Å². The molecular weight excluding hydrogens is 444 g/mol. The molecule has 0 radical (unpaired) electrons. The molecular formula is C25H23F6NO. The maximum Gasteiger partial charge on any atom is 0.432 e. The third kappa shape index (κ3) is 5.70. The summed E-state index contributed by atoms with van der Waals surface area (Å²) in [6.07, 6.45) is 4.73. The molecule has 0 aromatic heterocycles. The minimum Gasteiger partial charge on any atom is -0.429 e. The fourth-order valence-corrected chi connectivity index (χ4v) is 4.21. The normalized spacial score (nSPS) is 19.0. The highest BCUT2D eigenvalue weighted by atomic mass is 19.3. The summed E-state index contributed by atoms with van der Waals surface area (Å²) in [5, 5.41) is 8.65. The van der Waals surface area contributed by atoms with Crippen LogP contribution in [0.2, 0.25) is 0 Å². The number of alkyl halides is 2. The number of halogens is 6. The Kier molecular flexibility index (Phi) is 7.72. The van der Waals surface area contributed by atoms with Crippen LogP contribution in [0.25, 0.3) is 0 Å². The average Bonchev–Trinajstić information content (AvgIpc) is 2.73. The SMILES string of the molecule is CCC=CC[C@H]1CC[C@H](c2cc(F)c(C(F)(F)Oc3cc(F)c(C#N)c(F)c3)c(F)c2)CC1. The molecule has 0 N–H and O–H groups in total. The van der Waals surface area contributed by atoms with Gasteiger partial charge in [-0.05, 0) is 68.1 Å². The Morgan fingerprint density at radius 3 is 2.03 bits per heavy atom. The lowest BCUT2D eigenvalue weighted by atomic mass is 9.77. The van der Waals surface area contributed by atoms with Gasteiger partial charge in [-0.15, -0.1) is 0 Å². The smallest absolute Gasteiger partial charge is 0.429 e. The predicted octanol–water partition coefficient (Wildman–Crippen LogP) is 7.87. The molecule has 0 atom stereocenters. The van der Waals surface area contributed by atoms with Crippen LogP contribution in [0.1, 0.15) is 68.1 Å². The molecule has 8 heteroatoms. The number of hydrogen-bond acceptors (Lipinski definition) is 2. The zero-order valence-electron chi connectivity index (χ0n) is 18.0. The van der Waals surface area contributed by atoms with E-state index in [0.717, 1.165) is 37.8 Å². The van der Waals surface area contributed by atoms with E-state index in [2.05, 4.69) is 23.8 Å². The zero-order chi connectivity index (χ0) is 24.2. The van der Waals surface area contributed by atoms with Gasteiger partial charge in [-0.25, -0.2) is 17.6 Å². The summed E-state index contributed by atoms with van der Waals surface area (Å²) in [4.78, 5) is 0. The van der Waals surface area contributed by atoms with E-state index in [1.54, 1.807) is 0 Å². The van der Waals surface area contributed by atoms with Crippen LogP contribution >= 0.6 is 0 Å². The van der Waals surface area contributed by atoms with E-state index in [1.807, 2.05) is 0 Å². The summed E-state index contributed by atoms with van der Waals surface area (Å²) in [6, 6.07) is 3.70. The van der Waals surface area contributed by atoms with Crippen molar-refractivity contribution in [1.29, 1.82) is 5.26 Å². The van der Waals surface area contributed by atoms with Gasteiger partial charge in [0, 0.05) is 12.1 Å². The van der Waals surface area contributed by atoms with Crippen molar-refractivity contribution < 1.29 is 31.1 Å². The van der Waals surface area contributed by atoms with Crippen molar-refractivity contribution in [2.45, 2.75) is 57.5 Å². The molecule has 2 nitrogen and oxygen atoms in total. The second-order valence-electron chi connectivity index (χ2n) is 8.19. The monoisotopic (exact) mass is 467 g/mol. The fourth-order valence-electron chi connectivity index (χ4n) is 4.21. The van der Waals surface area contributed by atoms with Gasteiger partial charge in [0.2, 0.25) is 0 Å². The summed E-state index contributed by atoms with van der Waals surface area (Å²) >= 11 is 0. The summed E-state index contributed by atoms with van der Waals surface area (Å²) in [5.41, 5.74) is -2.33. The van der Waals surface area contributed by atoms with Crippen molar-refractivity contribution in [3.05, 3.63) is 76.4 Å². The molecule has 0 amide bonds. The molecule has 0 saturated heterocycles. The van der Waals surface area contributed by atoms with Gasteiger partial charge >= 0.3 is 6.11 Å². The molecule has 1 aliphatic carbocycles. The molecule has 0 spiro atoms. The number of hydrogen-bond donors (Lipinski definition) is 0. The van der Waals surface area contributed by atoms with Gasteiger partial charge in [0.05, 0.1) is 0 Å². The van der Waals surface area contributed by atoms with Crippen molar-refractivity contribution in [3.8, 4) is 11.8 Å². The van der Waals surface area contributed by atoms with Gasteiger partial charge in [-0.2, -0.15) is 14.0 Å². The van der Waals surface area contributed by atoms with Gasteiger partial charge in [0.1, 0.15) is 46.2 Å². The van der Waals surface area contributed by atoms with Gasteiger partial charge < -0.3 is 4.74 Å². The molecule has 0 aliphatic heterocycles. The Morgan fingerprint density at radius 1 is 0.939 bits per heavy atom. The number of nitriles is 1. The first kappa shape index (κ1) is 24.7. The van der Waals surface area contributed by atoms with Gasteiger partial charge in [0.25, 0.3) is 0 Å². The maximum absolute atomic E-state index is 14.6. The summed E-state index contributed by atoms with van der Waals surface area (Å²) in [7, 11) is 0. The Bertz CT molecular complexity index is 1020. The van der Waals surface area contributed by atoms with Crippen LogP contribution in [0.4, 0.5) is 26.3 Å². The van der Waals surface area contributed by atoms with Crippen LogP contribution in [0.15, 0.2) is 36.4 Å². The minimum atomic E-state index is -4.54. The quantitative estimate of drug-likeness (QED) is 0.307. The van der Waals surface area contributed by atoms with E-state index < -0.39 is 46.3 Å². The second kappa shape index (κ2) is 10.3. The first-order chi connectivity index (χ1) is 15.7. The third-order valence-electron chi connectivity index (χ3n) is 5.92. The molecule has 0 heterocycles. The molecule has 1 fully saturated rings. The first-order valence-electron chi connectivity index (χ1n) is 10.8. The van der Waals surface area contributed by atoms with E-state index in [-0.39, 0.29) is 5.92 Å². The predicted molar refractivity (Wildman–Crippen MR) is 111 cm³/mol. The summed E-state index contributed by atoms with van der Waals surface area (Å²) < 4.78 is 90.0. The molecule has 0 bridgehead atoms. The molecule has 0 unspecified atom stereocenters. The highest BCUT2D eigenvalue weighted by Gasteiger charge is 2.42. The summed E-state index contributed by atoms with van der Waals surface area (Å²) in [6.45, 7) is 2.05. The largest absolute Gasteiger partial charge is 0.432 e. The zero-order valence-corrected chi connectivity index (χ0v) is 18.0. The molecule has 176 valence electrons. The lowest BCUT2D eigenvalue weighted by Gasteiger charge is -2.29. The number of rotatable bonds is 7. The summed E-state index contributed by atoms with van der Waals surface area (Å²) in [5.74, 6) is -6.53. The van der Waals surface area contributed by atoms with Crippen molar-refractivity contribution in [3.63, 3.8) is 0 Å².